The zero-order valence-corrected chi connectivity index (χ0v) is 12.1. The molecule has 1 aromatic rings. The minimum atomic E-state index is -1.07. The van der Waals surface area contributed by atoms with Crippen molar-refractivity contribution >= 4 is 23.7 Å². The smallest absolute Gasteiger partial charge is 0.321 e. The predicted octanol–water partition coefficient (Wildman–Crippen LogP) is -0.529. The summed E-state index contributed by atoms with van der Waals surface area (Å²) < 4.78 is 0. The molecular formula is C11H18N4O4S. The Kier molecular flexibility index (Phi) is 5.99. The lowest BCUT2D eigenvalue weighted by atomic mass is 10.1. The van der Waals surface area contributed by atoms with Gasteiger partial charge in [0, 0.05) is 24.1 Å². The molecule has 0 unspecified atom stereocenters. The monoisotopic (exact) mass is 302 g/mol. The molecule has 0 radical (unpaired) electrons. The number of rotatable bonds is 8. The molecule has 0 bridgehead atoms. The van der Waals surface area contributed by atoms with E-state index in [1.54, 1.807) is 25.2 Å². The highest BCUT2D eigenvalue weighted by Gasteiger charge is 2.21. The van der Waals surface area contributed by atoms with Crippen LogP contribution in [0.4, 0.5) is 0 Å². The molecule has 8 nitrogen and oxygen atoms in total. The van der Waals surface area contributed by atoms with Crippen LogP contribution in [0.1, 0.15) is 5.69 Å². The molecule has 1 heterocycles. The molecule has 0 saturated heterocycles. The van der Waals surface area contributed by atoms with E-state index in [0.717, 1.165) is 0 Å². The van der Waals surface area contributed by atoms with E-state index in [4.69, 9.17) is 15.9 Å². The summed E-state index contributed by atoms with van der Waals surface area (Å²) in [4.78, 5) is 30.3. The number of thioether (sulfide) groups is 1. The fourth-order valence-electron chi connectivity index (χ4n) is 1.45. The molecule has 2 atom stereocenters. The zero-order valence-electron chi connectivity index (χ0n) is 11.2. The van der Waals surface area contributed by atoms with Crippen LogP contribution >= 0.6 is 11.8 Å². The van der Waals surface area contributed by atoms with E-state index in [0.29, 0.717) is 17.3 Å². The molecule has 0 aliphatic rings. The van der Waals surface area contributed by atoms with Crippen molar-refractivity contribution in [3.8, 4) is 0 Å². The highest BCUT2D eigenvalue weighted by atomic mass is 32.2. The molecule has 20 heavy (non-hydrogen) atoms. The van der Waals surface area contributed by atoms with Crippen molar-refractivity contribution in [2.45, 2.75) is 23.7 Å². The molecule has 1 rings (SSSR count). The summed E-state index contributed by atoms with van der Waals surface area (Å²) in [5.74, 6) is -1.78. The lowest BCUT2D eigenvalue weighted by molar-refractivity contribution is -0.142. The number of carboxylic acids is 2. The number of carboxylic acid groups (broad SMARTS) is 2. The fourth-order valence-corrected chi connectivity index (χ4v) is 2.27. The third-order valence-electron chi connectivity index (χ3n) is 2.64. The number of hydrogen-bond acceptors (Lipinski definition) is 6. The van der Waals surface area contributed by atoms with E-state index in [1.165, 1.54) is 11.8 Å². The summed E-state index contributed by atoms with van der Waals surface area (Å²) in [7, 11) is 3.38. The molecule has 112 valence electrons. The summed E-state index contributed by atoms with van der Waals surface area (Å²) in [6.45, 7) is 0. The Morgan fingerprint density at radius 1 is 1.45 bits per heavy atom. The van der Waals surface area contributed by atoms with Gasteiger partial charge in [-0.2, -0.15) is 0 Å². The number of nitrogens with one attached hydrogen (secondary N) is 1. The van der Waals surface area contributed by atoms with E-state index in [9.17, 15) is 9.59 Å². The second-order valence-electron chi connectivity index (χ2n) is 4.49. The Hall–Kier alpha value is -1.58. The van der Waals surface area contributed by atoms with Crippen molar-refractivity contribution in [2.24, 2.45) is 5.73 Å². The van der Waals surface area contributed by atoms with Gasteiger partial charge in [-0.1, -0.05) is 11.8 Å². The number of nitrogens with two attached hydrogens (primary N) is 1. The number of nitrogens with zero attached hydrogens (tertiary/aromatic N) is 2. The van der Waals surface area contributed by atoms with Crippen molar-refractivity contribution in [3.63, 3.8) is 0 Å². The van der Waals surface area contributed by atoms with Gasteiger partial charge in [0.1, 0.15) is 12.1 Å². The first-order chi connectivity index (χ1) is 9.31. The van der Waals surface area contributed by atoms with Crippen molar-refractivity contribution in [2.75, 3.05) is 19.8 Å². The van der Waals surface area contributed by atoms with Crippen molar-refractivity contribution in [1.82, 2.24) is 14.9 Å². The lowest BCUT2D eigenvalue weighted by Crippen LogP contribution is -2.37. The van der Waals surface area contributed by atoms with Gasteiger partial charge in [-0.15, -0.1) is 0 Å². The van der Waals surface area contributed by atoms with Gasteiger partial charge in [-0.05, 0) is 14.1 Å². The van der Waals surface area contributed by atoms with Crippen LogP contribution in [-0.2, 0) is 16.0 Å². The lowest BCUT2D eigenvalue weighted by Gasteiger charge is -2.18. The largest absolute Gasteiger partial charge is 0.480 e. The predicted molar refractivity (Wildman–Crippen MR) is 73.7 cm³/mol. The van der Waals surface area contributed by atoms with Gasteiger partial charge in [0.15, 0.2) is 5.16 Å². The van der Waals surface area contributed by atoms with Gasteiger partial charge in [-0.25, -0.2) is 4.98 Å². The van der Waals surface area contributed by atoms with Gasteiger partial charge in [0.05, 0.1) is 0 Å². The number of H-pyrrole nitrogens is 1. The standard InChI is InChI=1S/C11H18N4O4S/c1-15(2)8(10(18)19)3-6-4-13-11(14-6)20-5-7(12)9(16)17/h4,7-8H,3,5,12H2,1-2H3,(H,13,14)(H,16,17)(H,18,19)/t7-,8-/m0/s1. The Balaban J connectivity index is 2.59. The Morgan fingerprint density at radius 2 is 2.10 bits per heavy atom. The van der Waals surface area contributed by atoms with Gasteiger partial charge in [0.25, 0.3) is 0 Å². The van der Waals surface area contributed by atoms with Crippen LogP contribution in [0.2, 0.25) is 0 Å². The van der Waals surface area contributed by atoms with Crippen LogP contribution in [0.3, 0.4) is 0 Å². The van der Waals surface area contributed by atoms with Gasteiger partial charge in [-0.3, -0.25) is 14.5 Å². The number of carbonyl (C=O) groups is 2. The third kappa shape index (κ3) is 4.83. The Morgan fingerprint density at radius 3 is 2.60 bits per heavy atom. The third-order valence-corrected chi connectivity index (χ3v) is 3.65. The van der Waals surface area contributed by atoms with Crippen molar-refractivity contribution in [1.29, 1.82) is 0 Å². The number of imidazole rings is 1. The zero-order chi connectivity index (χ0) is 15.3. The van der Waals surface area contributed by atoms with E-state index in [2.05, 4.69) is 9.97 Å². The number of likely N-dealkylation sites (N-methyl/N-ethyl adjacent to an activating group) is 1. The minimum Gasteiger partial charge on any atom is -0.480 e. The maximum atomic E-state index is 11.1. The number of aromatic nitrogens is 2. The molecule has 0 spiro atoms. The highest BCUT2D eigenvalue weighted by molar-refractivity contribution is 7.99. The Bertz CT molecular complexity index is 477. The number of aliphatic carboxylic acids is 2. The topological polar surface area (TPSA) is 133 Å². The first-order valence-electron chi connectivity index (χ1n) is 5.85. The van der Waals surface area contributed by atoms with Gasteiger partial charge < -0.3 is 20.9 Å². The average molecular weight is 302 g/mol. The fraction of sp³-hybridized carbons (Fsp3) is 0.545. The maximum Gasteiger partial charge on any atom is 0.321 e. The quantitative estimate of drug-likeness (QED) is 0.471. The number of hydrogen-bond donors (Lipinski definition) is 4. The first-order valence-corrected chi connectivity index (χ1v) is 6.84. The minimum absolute atomic E-state index is 0.193. The average Bonchev–Trinajstić information content (AvgIpc) is 2.79. The molecule has 1 aromatic heterocycles. The van der Waals surface area contributed by atoms with Crippen LogP contribution in [0.15, 0.2) is 11.4 Å². The number of aromatic amines is 1. The maximum absolute atomic E-state index is 11.1. The summed E-state index contributed by atoms with van der Waals surface area (Å²) in [6, 6.07) is -1.60. The van der Waals surface area contributed by atoms with E-state index in [1.807, 2.05) is 0 Å². The first kappa shape index (κ1) is 16.5. The van der Waals surface area contributed by atoms with Gasteiger partial charge in [0.2, 0.25) is 0 Å². The van der Waals surface area contributed by atoms with Crippen LogP contribution < -0.4 is 5.73 Å². The molecule has 5 N–H and O–H groups in total. The molecule has 0 aliphatic carbocycles. The molecule has 0 saturated carbocycles. The summed E-state index contributed by atoms with van der Waals surface area (Å²) in [5, 5.41) is 18.3. The normalized spacial score (nSPS) is 14.2. The van der Waals surface area contributed by atoms with Crippen molar-refractivity contribution in [3.05, 3.63) is 11.9 Å². The van der Waals surface area contributed by atoms with Crippen LogP contribution in [0, 0.1) is 0 Å². The summed E-state index contributed by atoms with van der Waals surface area (Å²) >= 11 is 1.19. The second-order valence-corrected chi connectivity index (χ2v) is 5.50. The summed E-state index contributed by atoms with van der Waals surface area (Å²) in [6.07, 6.45) is 1.84. The molecule has 0 amide bonds. The Labute approximate surface area is 120 Å². The van der Waals surface area contributed by atoms with E-state index < -0.39 is 24.0 Å². The molecular weight excluding hydrogens is 284 g/mol. The van der Waals surface area contributed by atoms with E-state index in [-0.39, 0.29) is 5.75 Å². The van der Waals surface area contributed by atoms with E-state index >= 15 is 0 Å². The van der Waals surface area contributed by atoms with Crippen LogP contribution in [-0.4, -0.2) is 69.0 Å². The molecule has 0 aliphatic heterocycles. The van der Waals surface area contributed by atoms with Crippen LogP contribution in [0.25, 0.3) is 0 Å². The van der Waals surface area contributed by atoms with Crippen molar-refractivity contribution < 1.29 is 19.8 Å². The molecule has 0 fully saturated rings. The second kappa shape index (κ2) is 7.27. The summed E-state index contributed by atoms with van der Waals surface area (Å²) in [5.41, 5.74) is 6.06. The molecule has 9 heteroatoms. The van der Waals surface area contributed by atoms with Gasteiger partial charge >= 0.3 is 11.9 Å². The molecule has 0 aromatic carbocycles. The highest BCUT2D eigenvalue weighted by Crippen LogP contribution is 2.15. The SMILES string of the molecule is CN(C)[C@@H](Cc1cnc(SC[C@H](N)C(=O)O)[nH]1)C(=O)O. The van der Waals surface area contributed by atoms with Crippen LogP contribution in [0.5, 0.6) is 0 Å².